The molecule has 0 aliphatic rings. The highest BCUT2D eigenvalue weighted by Gasteiger charge is 2.11. The maximum atomic E-state index is 8.63. The fourth-order valence-corrected chi connectivity index (χ4v) is 3.79. The summed E-state index contributed by atoms with van der Waals surface area (Å²) in [5.41, 5.74) is 7.07. The van der Waals surface area contributed by atoms with Crippen LogP contribution in [0.15, 0.2) is 66.9 Å². The van der Waals surface area contributed by atoms with E-state index in [-0.39, 0.29) is 0 Å². The smallest absolute Gasteiger partial charge is 0.0699 e. The van der Waals surface area contributed by atoms with Crippen molar-refractivity contribution in [3.63, 3.8) is 0 Å². The van der Waals surface area contributed by atoms with Gasteiger partial charge in [0.05, 0.1) is 5.71 Å². The molecule has 2 aromatic rings. The molecule has 146 valence electrons. The van der Waals surface area contributed by atoms with Crippen LogP contribution in [0, 0.1) is 5.41 Å². The van der Waals surface area contributed by atoms with Gasteiger partial charge in [-0.2, -0.15) is 0 Å². The summed E-state index contributed by atoms with van der Waals surface area (Å²) in [7, 11) is 0. The number of nitrogens with one attached hydrogen (secondary N) is 1. The van der Waals surface area contributed by atoms with Gasteiger partial charge in [-0.15, -0.1) is 17.1 Å². The predicted octanol–water partition coefficient (Wildman–Crippen LogP) is 7.00. The molecule has 0 bridgehead atoms. The average Bonchev–Trinajstić information content (AvgIpc) is 3.20. The van der Waals surface area contributed by atoms with Gasteiger partial charge in [0.2, 0.25) is 0 Å². The maximum absolute atomic E-state index is 8.63. The molecule has 0 amide bonds. The minimum Gasteiger partial charge on any atom is -0.377 e. The number of hydrogen-bond donors (Lipinski definition) is 1. The van der Waals surface area contributed by atoms with Crippen LogP contribution in [-0.4, -0.2) is 23.7 Å². The van der Waals surface area contributed by atoms with Crippen LogP contribution in [0.25, 0.3) is 11.6 Å². The standard InChI is InChI=1S/C25H30N2S/c1-5-8-16-27(15-7-3)17-14-20(4)24-18-22(19-28-24)25(26)23-13-10-9-12-21(23)11-6-2/h9-14,17-19,26H,2,4-5,7-8,15-16H2,1,3H3/b17-14+,26-25?. The first-order valence-corrected chi connectivity index (χ1v) is 10.7. The average molecular weight is 391 g/mol. The summed E-state index contributed by atoms with van der Waals surface area (Å²) in [6.45, 7) is 14.5. The van der Waals surface area contributed by atoms with E-state index in [1.54, 1.807) is 11.3 Å². The largest absolute Gasteiger partial charge is 0.377 e. The van der Waals surface area contributed by atoms with Crippen LogP contribution in [-0.2, 0) is 0 Å². The highest BCUT2D eigenvalue weighted by Crippen LogP contribution is 2.26. The number of benzene rings is 1. The van der Waals surface area contributed by atoms with E-state index in [1.807, 2.05) is 35.7 Å². The first kappa shape index (κ1) is 21.7. The predicted molar refractivity (Wildman–Crippen MR) is 125 cm³/mol. The third kappa shape index (κ3) is 5.95. The van der Waals surface area contributed by atoms with Crippen molar-refractivity contribution >= 4 is 28.7 Å². The van der Waals surface area contributed by atoms with E-state index in [4.69, 9.17) is 5.41 Å². The van der Waals surface area contributed by atoms with Crippen molar-refractivity contribution in [1.29, 1.82) is 5.41 Å². The van der Waals surface area contributed by atoms with E-state index in [2.05, 4.69) is 56.0 Å². The number of thiophene rings is 1. The van der Waals surface area contributed by atoms with Crippen LogP contribution >= 0.6 is 11.3 Å². The van der Waals surface area contributed by atoms with Crippen molar-refractivity contribution < 1.29 is 0 Å². The van der Waals surface area contributed by atoms with Crippen molar-refractivity contribution in [1.82, 2.24) is 4.90 Å². The summed E-state index contributed by atoms with van der Waals surface area (Å²) < 4.78 is 0. The Morgan fingerprint density at radius 2 is 2.00 bits per heavy atom. The fourth-order valence-electron chi connectivity index (χ4n) is 2.94. The Morgan fingerprint density at radius 1 is 1.21 bits per heavy atom. The van der Waals surface area contributed by atoms with E-state index in [0.717, 1.165) is 46.7 Å². The second-order valence-corrected chi connectivity index (χ2v) is 7.65. The van der Waals surface area contributed by atoms with Crippen LogP contribution in [0.5, 0.6) is 0 Å². The molecule has 1 heterocycles. The number of hydrogen-bond acceptors (Lipinski definition) is 3. The van der Waals surface area contributed by atoms with Gasteiger partial charge in [0.1, 0.15) is 0 Å². The number of allylic oxidation sites excluding steroid dienone is 2. The quantitative estimate of drug-likeness (QED) is 0.249. The summed E-state index contributed by atoms with van der Waals surface area (Å²) in [5, 5.41) is 10.7. The normalized spacial score (nSPS) is 10.6. The van der Waals surface area contributed by atoms with Crippen molar-refractivity contribution in [2.24, 2.45) is 0 Å². The summed E-state index contributed by atoms with van der Waals surface area (Å²) >= 11 is 1.63. The van der Waals surface area contributed by atoms with Gasteiger partial charge in [0.25, 0.3) is 0 Å². The first-order chi connectivity index (χ1) is 13.6. The van der Waals surface area contributed by atoms with E-state index in [1.165, 1.54) is 12.8 Å². The number of nitrogens with zero attached hydrogens (tertiary/aromatic N) is 1. The molecule has 0 atom stereocenters. The van der Waals surface area contributed by atoms with Crippen LogP contribution < -0.4 is 0 Å². The minimum absolute atomic E-state index is 0.511. The Bertz CT molecular complexity index is 881. The SMILES string of the molecule is C=C=Cc1ccccc1C(=N)c1csc(C(=C)/C=C/N(CCC)CCCC)c1. The highest BCUT2D eigenvalue weighted by molar-refractivity contribution is 7.11. The molecule has 0 fully saturated rings. The molecule has 1 aromatic heterocycles. The van der Waals surface area contributed by atoms with Crippen molar-refractivity contribution in [2.45, 2.75) is 33.1 Å². The van der Waals surface area contributed by atoms with Gasteiger partial charge >= 0.3 is 0 Å². The molecule has 3 heteroatoms. The van der Waals surface area contributed by atoms with Crippen molar-refractivity contribution in [3.8, 4) is 0 Å². The molecule has 2 rings (SSSR count). The Balaban J connectivity index is 2.14. The molecule has 0 aliphatic carbocycles. The highest BCUT2D eigenvalue weighted by atomic mass is 32.1. The third-order valence-corrected chi connectivity index (χ3v) is 5.49. The van der Waals surface area contributed by atoms with E-state index >= 15 is 0 Å². The van der Waals surface area contributed by atoms with Crippen LogP contribution in [0.3, 0.4) is 0 Å². The molecule has 1 N–H and O–H groups in total. The van der Waals surface area contributed by atoms with Gasteiger partial charge in [-0.1, -0.05) is 57.7 Å². The molecule has 0 radical (unpaired) electrons. The molecule has 0 saturated heterocycles. The lowest BCUT2D eigenvalue weighted by atomic mass is 9.99. The summed E-state index contributed by atoms with van der Waals surface area (Å²) in [6.07, 6.45) is 9.62. The summed E-state index contributed by atoms with van der Waals surface area (Å²) in [6, 6.07) is 9.93. The van der Waals surface area contributed by atoms with Crippen LogP contribution in [0.2, 0.25) is 0 Å². The maximum Gasteiger partial charge on any atom is 0.0699 e. The molecule has 0 saturated carbocycles. The molecule has 28 heavy (non-hydrogen) atoms. The Hall–Kier alpha value is -2.61. The zero-order chi connectivity index (χ0) is 20.4. The topological polar surface area (TPSA) is 27.1 Å². The lowest BCUT2D eigenvalue weighted by Crippen LogP contribution is -2.19. The molecule has 0 spiro atoms. The van der Waals surface area contributed by atoms with Gasteiger partial charge in [0.15, 0.2) is 0 Å². The lowest BCUT2D eigenvalue weighted by Gasteiger charge is -2.19. The Labute approximate surface area is 173 Å². The Morgan fingerprint density at radius 3 is 2.71 bits per heavy atom. The third-order valence-electron chi connectivity index (χ3n) is 4.49. The number of unbranched alkanes of at least 4 members (excludes halogenated alkanes) is 1. The van der Waals surface area contributed by atoms with Crippen LogP contribution in [0.1, 0.15) is 54.7 Å². The van der Waals surface area contributed by atoms with Gasteiger partial charge in [-0.05, 0) is 48.4 Å². The second kappa shape index (κ2) is 11.3. The van der Waals surface area contributed by atoms with Crippen molar-refractivity contribution in [3.05, 3.63) is 88.4 Å². The Kier molecular flexibility index (Phi) is 8.74. The van der Waals surface area contributed by atoms with Crippen molar-refractivity contribution in [2.75, 3.05) is 13.1 Å². The van der Waals surface area contributed by atoms with Gasteiger partial charge < -0.3 is 4.90 Å². The summed E-state index contributed by atoms with van der Waals surface area (Å²) in [5.74, 6) is 0. The monoisotopic (exact) mass is 390 g/mol. The lowest BCUT2D eigenvalue weighted by molar-refractivity contribution is 0.368. The van der Waals surface area contributed by atoms with Gasteiger partial charge in [-0.3, -0.25) is 5.41 Å². The van der Waals surface area contributed by atoms with E-state index in [9.17, 15) is 0 Å². The molecule has 2 nitrogen and oxygen atoms in total. The molecular formula is C25H30N2S. The first-order valence-electron chi connectivity index (χ1n) is 9.84. The van der Waals surface area contributed by atoms with E-state index < -0.39 is 0 Å². The fraction of sp³-hybridized carbons (Fsp3) is 0.280. The zero-order valence-corrected chi connectivity index (χ0v) is 17.8. The summed E-state index contributed by atoms with van der Waals surface area (Å²) in [4.78, 5) is 3.46. The van der Waals surface area contributed by atoms with Gasteiger partial charge in [0, 0.05) is 34.5 Å². The minimum atomic E-state index is 0.511. The molecule has 0 unspecified atom stereocenters. The van der Waals surface area contributed by atoms with Gasteiger partial charge in [-0.25, -0.2) is 0 Å². The molecular weight excluding hydrogens is 360 g/mol. The number of rotatable bonds is 11. The zero-order valence-electron chi connectivity index (χ0n) is 17.0. The second-order valence-electron chi connectivity index (χ2n) is 6.74. The molecule has 0 aliphatic heterocycles. The van der Waals surface area contributed by atoms with Crippen LogP contribution in [0.4, 0.5) is 0 Å². The van der Waals surface area contributed by atoms with E-state index in [0.29, 0.717) is 5.71 Å². The molecule has 1 aromatic carbocycles.